The largest absolute Gasteiger partial charge is 0.480 e. The number of benzene rings is 2. The highest BCUT2D eigenvalue weighted by atomic mass is 19.1. The Kier molecular flexibility index (Phi) is 13.1. The van der Waals surface area contributed by atoms with Gasteiger partial charge in [0.15, 0.2) is 0 Å². The predicted octanol–water partition coefficient (Wildman–Crippen LogP) is 3.95. The maximum Gasteiger partial charge on any atom is 0.408 e. The predicted molar refractivity (Wildman–Crippen MR) is 149 cm³/mol. The molecule has 2 rings (SSSR count). The number of unbranched alkanes of at least 4 members (excludes halogenated alkanes) is 2. The van der Waals surface area contributed by atoms with Gasteiger partial charge in [0.2, 0.25) is 11.8 Å². The summed E-state index contributed by atoms with van der Waals surface area (Å²) in [5.41, 5.74) is 0.739. The average molecular weight is 558 g/mol. The molecule has 0 saturated heterocycles. The molecule has 3 atom stereocenters. The Morgan fingerprint density at radius 3 is 1.68 bits per heavy atom. The van der Waals surface area contributed by atoms with Gasteiger partial charge in [-0.25, -0.2) is 9.59 Å². The van der Waals surface area contributed by atoms with Crippen LogP contribution < -0.4 is 16.0 Å². The Morgan fingerprint density at radius 1 is 0.750 bits per heavy atom. The summed E-state index contributed by atoms with van der Waals surface area (Å²) >= 11 is 0. The van der Waals surface area contributed by atoms with Crippen molar-refractivity contribution in [1.29, 1.82) is 0 Å². The number of alkyl halides is 1. The van der Waals surface area contributed by atoms with Crippen molar-refractivity contribution in [1.82, 2.24) is 16.0 Å². The smallest absolute Gasteiger partial charge is 0.408 e. The Bertz CT molecular complexity index is 1090. The van der Waals surface area contributed by atoms with Gasteiger partial charge in [-0.15, -0.1) is 0 Å². The molecule has 0 heterocycles. The molecule has 0 spiro atoms. The van der Waals surface area contributed by atoms with E-state index >= 15 is 0 Å². The van der Waals surface area contributed by atoms with Gasteiger partial charge in [0, 0.05) is 12.8 Å². The lowest BCUT2D eigenvalue weighted by Gasteiger charge is -2.26. The normalized spacial score (nSPS) is 13.4. The van der Waals surface area contributed by atoms with Gasteiger partial charge in [-0.1, -0.05) is 73.5 Å². The molecule has 40 heavy (non-hydrogen) atoms. The molecule has 9 nitrogen and oxygen atoms in total. The Labute approximate surface area is 234 Å². The number of aliphatic carboxylic acids is 1. The molecular formula is C30H40FN3O6. The van der Waals surface area contributed by atoms with Crippen LogP contribution >= 0.6 is 0 Å². The number of ether oxygens (including phenoxy) is 1. The maximum absolute atomic E-state index is 13.5. The molecule has 0 aromatic heterocycles. The molecule has 218 valence electrons. The number of carboxylic acids is 1. The molecule has 0 aliphatic carbocycles. The number of carboxylic acid groups (broad SMARTS) is 1. The third-order valence-electron chi connectivity index (χ3n) is 5.95. The van der Waals surface area contributed by atoms with E-state index in [2.05, 4.69) is 16.0 Å². The van der Waals surface area contributed by atoms with Crippen molar-refractivity contribution >= 4 is 23.9 Å². The minimum absolute atomic E-state index is 0.0943. The molecule has 0 saturated carbocycles. The van der Waals surface area contributed by atoms with Gasteiger partial charge < -0.3 is 25.8 Å². The minimum atomic E-state index is -1.22. The molecule has 0 bridgehead atoms. The summed E-state index contributed by atoms with van der Waals surface area (Å²) in [6.45, 7) is 4.62. The molecule has 2 aromatic carbocycles. The summed E-state index contributed by atoms with van der Waals surface area (Å²) in [5.74, 6) is -2.52. The highest BCUT2D eigenvalue weighted by Crippen LogP contribution is 2.11. The van der Waals surface area contributed by atoms with E-state index in [4.69, 9.17) is 4.74 Å². The maximum atomic E-state index is 13.5. The van der Waals surface area contributed by atoms with Gasteiger partial charge in [-0.2, -0.15) is 0 Å². The number of rotatable bonds is 15. The second-order valence-electron chi connectivity index (χ2n) is 10.6. The molecule has 1 unspecified atom stereocenters. The lowest BCUT2D eigenvalue weighted by molar-refractivity contribution is -0.142. The Hall–Kier alpha value is -3.95. The number of carbonyl (C=O) groups is 4. The average Bonchev–Trinajstić information content (AvgIpc) is 2.89. The second kappa shape index (κ2) is 16.2. The molecular weight excluding hydrogens is 517 g/mol. The van der Waals surface area contributed by atoms with Crippen molar-refractivity contribution in [2.45, 2.75) is 83.0 Å². The van der Waals surface area contributed by atoms with E-state index in [9.17, 15) is 28.7 Å². The van der Waals surface area contributed by atoms with Crippen molar-refractivity contribution in [2.75, 3.05) is 6.67 Å². The first kappa shape index (κ1) is 32.3. The zero-order valence-corrected chi connectivity index (χ0v) is 23.3. The SMILES string of the molecule is CC(C)(C)OC(=O)N[C@H](Cc1ccccc1)C(=O)N[C@H](Cc1ccccc1)C(=O)NC(CCCCCF)C(=O)O. The van der Waals surface area contributed by atoms with Crippen LogP contribution in [0.4, 0.5) is 9.18 Å². The summed E-state index contributed by atoms with van der Waals surface area (Å²) in [6.07, 6.45) is 0.819. The molecule has 4 N–H and O–H groups in total. The number of carbonyl (C=O) groups excluding carboxylic acids is 3. The van der Waals surface area contributed by atoms with E-state index in [0.717, 1.165) is 11.1 Å². The summed E-state index contributed by atoms with van der Waals surface area (Å²) in [5, 5.41) is 17.5. The molecule has 3 amide bonds. The van der Waals surface area contributed by atoms with Crippen LogP contribution in [0.2, 0.25) is 0 Å². The van der Waals surface area contributed by atoms with Gasteiger partial charge in [0.1, 0.15) is 23.7 Å². The fraction of sp³-hybridized carbons (Fsp3) is 0.467. The summed E-state index contributed by atoms with van der Waals surface area (Å²) in [7, 11) is 0. The fourth-order valence-electron chi connectivity index (χ4n) is 3.99. The van der Waals surface area contributed by atoms with Gasteiger partial charge >= 0.3 is 12.1 Å². The Balaban J connectivity index is 2.25. The van der Waals surface area contributed by atoms with Crippen LogP contribution in [-0.2, 0) is 32.0 Å². The van der Waals surface area contributed by atoms with Crippen molar-refractivity contribution in [3.05, 3.63) is 71.8 Å². The molecule has 0 fully saturated rings. The molecule has 0 aliphatic rings. The summed E-state index contributed by atoms with van der Waals surface area (Å²) in [4.78, 5) is 51.2. The van der Waals surface area contributed by atoms with E-state index in [1.165, 1.54) is 0 Å². The van der Waals surface area contributed by atoms with Gasteiger partial charge in [-0.3, -0.25) is 14.0 Å². The number of alkyl carbamates (subject to hydrolysis) is 1. The van der Waals surface area contributed by atoms with Crippen LogP contribution in [-0.4, -0.2) is 59.4 Å². The zero-order chi connectivity index (χ0) is 29.5. The molecule has 10 heteroatoms. The number of halogens is 1. The monoisotopic (exact) mass is 557 g/mol. The standard InChI is InChI=1S/C30H40FN3O6/c1-30(2,3)40-29(39)34-25(20-22-15-9-5-10-16-22)27(36)33-24(19-21-13-7-4-8-14-21)26(35)32-23(28(37)38)17-11-6-12-18-31/h4-5,7-10,13-16,23-25H,6,11-12,17-20H2,1-3H3,(H,32,35)(H,33,36)(H,34,39)(H,37,38)/t23?,24-,25-/m1/s1. The van der Waals surface area contributed by atoms with Crippen molar-refractivity contribution in [2.24, 2.45) is 0 Å². The number of hydrogen-bond acceptors (Lipinski definition) is 5. The first-order chi connectivity index (χ1) is 19.0. The van der Waals surface area contributed by atoms with Crippen LogP contribution in [0.5, 0.6) is 0 Å². The Morgan fingerprint density at radius 2 is 1.23 bits per heavy atom. The molecule has 0 radical (unpaired) electrons. The van der Waals surface area contributed by atoms with E-state index in [1.54, 1.807) is 45.0 Å². The van der Waals surface area contributed by atoms with Crippen LogP contribution in [0, 0.1) is 0 Å². The molecule has 0 aliphatic heterocycles. The summed E-state index contributed by atoms with van der Waals surface area (Å²) < 4.78 is 17.8. The number of amides is 3. The van der Waals surface area contributed by atoms with E-state index in [1.807, 2.05) is 36.4 Å². The lowest BCUT2D eigenvalue weighted by Crippen LogP contribution is -2.57. The molecule has 2 aromatic rings. The number of nitrogens with one attached hydrogen (secondary N) is 3. The van der Waals surface area contributed by atoms with Gasteiger partial charge in [0.25, 0.3) is 0 Å². The minimum Gasteiger partial charge on any atom is -0.480 e. The highest BCUT2D eigenvalue weighted by Gasteiger charge is 2.30. The van der Waals surface area contributed by atoms with Crippen LogP contribution in [0.3, 0.4) is 0 Å². The fourth-order valence-corrected chi connectivity index (χ4v) is 3.99. The first-order valence-electron chi connectivity index (χ1n) is 13.5. The quantitative estimate of drug-likeness (QED) is 0.245. The third kappa shape index (κ3) is 12.3. The lowest BCUT2D eigenvalue weighted by atomic mass is 10.0. The van der Waals surface area contributed by atoms with Crippen molar-refractivity contribution in [3.63, 3.8) is 0 Å². The van der Waals surface area contributed by atoms with Crippen molar-refractivity contribution in [3.8, 4) is 0 Å². The van der Waals surface area contributed by atoms with Crippen LogP contribution in [0.1, 0.15) is 57.6 Å². The van der Waals surface area contributed by atoms with Crippen molar-refractivity contribution < 1.29 is 33.4 Å². The van der Waals surface area contributed by atoms with Crippen LogP contribution in [0.15, 0.2) is 60.7 Å². The highest BCUT2D eigenvalue weighted by molar-refractivity contribution is 5.93. The second-order valence-corrected chi connectivity index (χ2v) is 10.6. The van der Waals surface area contributed by atoms with E-state index < -0.39 is 54.3 Å². The third-order valence-corrected chi connectivity index (χ3v) is 5.95. The zero-order valence-electron chi connectivity index (χ0n) is 23.3. The van der Waals surface area contributed by atoms with Gasteiger partial charge in [0.05, 0.1) is 6.67 Å². The first-order valence-corrected chi connectivity index (χ1v) is 13.5. The van der Waals surface area contributed by atoms with Gasteiger partial charge in [-0.05, 0) is 44.7 Å². The topological polar surface area (TPSA) is 134 Å². The van der Waals surface area contributed by atoms with E-state index in [-0.39, 0.29) is 19.3 Å². The number of hydrogen-bond donors (Lipinski definition) is 4. The summed E-state index contributed by atoms with van der Waals surface area (Å²) in [6, 6.07) is 14.7. The van der Waals surface area contributed by atoms with Crippen LogP contribution in [0.25, 0.3) is 0 Å². The van der Waals surface area contributed by atoms with E-state index in [0.29, 0.717) is 19.3 Å².